The summed E-state index contributed by atoms with van der Waals surface area (Å²) in [7, 11) is 0. The molecular weight excluding hydrogens is 156 g/mol. The second-order valence-electron chi connectivity index (χ2n) is 2.19. The Labute approximate surface area is 70.8 Å². The van der Waals surface area contributed by atoms with E-state index in [2.05, 4.69) is 11.5 Å². The molecule has 0 atom stereocenters. The van der Waals surface area contributed by atoms with Crippen LogP contribution in [-0.4, -0.2) is 11.1 Å². The predicted molar refractivity (Wildman–Crippen MR) is 46.6 cm³/mol. The fraction of sp³-hybridized carbons (Fsp3) is 0.125. The quantitative estimate of drug-likeness (QED) is 0.533. The lowest BCUT2D eigenvalue weighted by molar-refractivity contribution is 0.256. The number of phenols is 1. The van der Waals surface area contributed by atoms with Gasteiger partial charge in [-0.05, 0) is 18.6 Å². The van der Waals surface area contributed by atoms with E-state index in [0.29, 0.717) is 5.75 Å². The highest BCUT2D eigenvalue weighted by Crippen LogP contribution is 2.12. The molecule has 0 spiro atoms. The number of rotatable bonds is 0. The van der Waals surface area contributed by atoms with Gasteiger partial charge in [-0.15, -0.1) is 0 Å². The fourth-order valence-electron chi connectivity index (χ4n) is 0.563. The summed E-state index contributed by atoms with van der Waals surface area (Å²) in [5.41, 5.74) is 9.42. The highest BCUT2D eigenvalue weighted by molar-refractivity contribution is 5.69. The molecule has 2 amide bonds. The van der Waals surface area contributed by atoms with Crippen LogP contribution in [0.3, 0.4) is 0 Å². The van der Waals surface area contributed by atoms with Gasteiger partial charge in [0.05, 0.1) is 0 Å². The molecule has 0 fully saturated rings. The number of aromatic hydroxyl groups is 1. The van der Waals surface area contributed by atoms with Crippen molar-refractivity contribution >= 4 is 6.03 Å². The Morgan fingerprint density at radius 2 is 1.75 bits per heavy atom. The summed E-state index contributed by atoms with van der Waals surface area (Å²) < 4.78 is 0. The Morgan fingerprint density at radius 3 is 2.00 bits per heavy atom. The maximum atomic E-state index is 9.00. The minimum Gasteiger partial charge on any atom is -0.508 e. The van der Waals surface area contributed by atoms with Gasteiger partial charge in [0.15, 0.2) is 0 Å². The number of carbonyl (C=O) groups excluding carboxylic acids is 1. The molecule has 0 saturated heterocycles. The maximum Gasteiger partial charge on any atom is 0.309 e. The zero-order valence-electron chi connectivity index (χ0n) is 6.82. The summed E-state index contributed by atoms with van der Waals surface area (Å²) in [6.45, 7) is 1.87. The van der Waals surface area contributed by atoms with E-state index in [4.69, 9.17) is 9.90 Å². The average molecular weight is 168 g/mol. The van der Waals surface area contributed by atoms with E-state index in [1.807, 2.05) is 25.1 Å². The van der Waals surface area contributed by atoms with E-state index < -0.39 is 6.03 Å². The first-order valence-corrected chi connectivity index (χ1v) is 3.33. The lowest BCUT2D eigenvalue weighted by atomic mass is 10.2. The SMILES string of the molecule is Cc1ccccc1O.NC(N)=O. The van der Waals surface area contributed by atoms with Crippen molar-refractivity contribution < 1.29 is 9.90 Å². The van der Waals surface area contributed by atoms with Crippen molar-refractivity contribution in [3.8, 4) is 5.75 Å². The van der Waals surface area contributed by atoms with Crippen LogP contribution in [0.15, 0.2) is 24.3 Å². The number of carbonyl (C=O) groups is 1. The molecule has 4 nitrogen and oxygen atoms in total. The van der Waals surface area contributed by atoms with Crippen molar-refractivity contribution in [3.63, 3.8) is 0 Å². The van der Waals surface area contributed by atoms with E-state index in [9.17, 15) is 0 Å². The normalized spacial score (nSPS) is 8.08. The molecule has 1 aromatic carbocycles. The summed E-state index contributed by atoms with van der Waals surface area (Å²) in [6.07, 6.45) is 0. The van der Waals surface area contributed by atoms with Gasteiger partial charge >= 0.3 is 6.03 Å². The van der Waals surface area contributed by atoms with Crippen molar-refractivity contribution in [1.29, 1.82) is 0 Å². The minimum absolute atomic E-state index is 0.368. The second kappa shape index (κ2) is 5.01. The van der Waals surface area contributed by atoms with Gasteiger partial charge in [0, 0.05) is 0 Å². The summed E-state index contributed by atoms with van der Waals surface area (Å²) in [5.74, 6) is 0.368. The zero-order valence-corrected chi connectivity index (χ0v) is 6.82. The van der Waals surface area contributed by atoms with Crippen LogP contribution in [-0.2, 0) is 0 Å². The monoisotopic (exact) mass is 168 g/mol. The number of aryl methyl sites for hydroxylation is 1. The average Bonchev–Trinajstić information content (AvgIpc) is 1.94. The molecule has 0 heterocycles. The van der Waals surface area contributed by atoms with Crippen LogP contribution < -0.4 is 11.5 Å². The highest BCUT2D eigenvalue weighted by atomic mass is 16.3. The van der Waals surface area contributed by atoms with E-state index in [1.54, 1.807) is 6.07 Å². The molecule has 5 N–H and O–H groups in total. The van der Waals surface area contributed by atoms with Gasteiger partial charge in [-0.1, -0.05) is 18.2 Å². The number of amides is 2. The molecule has 12 heavy (non-hydrogen) atoms. The third kappa shape index (κ3) is 5.10. The third-order valence-electron chi connectivity index (χ3n) is 1.12. The molecule has 0 aliphatic heterocycles. The third-order valence-corrected chi connectivity index (χ3v) is 1.12. The van der Waals surface area contributed by atoms with Crippen LogP contribution in [0, 0.1) is 6.92 Å². The van der Waals surface area contributed by atoms with Crippen LogP contribution in [0.2, 0.25) is 0 Å². The van der Waals surface area contributed by atoms with E-state index in [0.717, 1.165) is 5.56 Å². The Morgan fingerprint density at radius 1 is 1.33 bits per heavy atom. The van der Waals surface area contributed by atoms with Gasteiger partial charge in [-0.25, -0.2) is 4.79 Å². The molecule has 0 bridgehead atoms. The summed E-state index contributed by atoms with van der Waals surface area (Å²) >= 11 is 0. The number of benzene rings is 1. The van der Waals surface area contributed by atoms with Crippen LogP contribution in [0.5, 0.6) is 5.75 Å². The lowest BCUT2D eigenvalue weighted by Gasteiger charge is -1.92. The highest BCUT2D eigenvalue weighted by Gasteiger charge is 1.86. The van der Waals surface area contributed by atoms with Crippen LogP contribution >= 0.6 is 0 Å². The number of phenolic OH excluding ortho intramolecular Hbond substituents is 1. The summed E-state index contributed by atoms with van der Waals surface area (Å²) in [6, 6.07) is 6.42. The summed E-state index contributed by atoms with van der Waals surface area (Å²) in [4.78, 5) is 9.00. The second-order valence-corrected chi connectivity index (χ2v) is 2.19. The molecule has 0 radical (unpaired) electrons. The number of nitrogens with two attached hydrogens (primary N) is 2. The van der Waals surface area contributed by atoms with Gasteiger partial charge in [0.25, 0.3) is 0 Å². The molecule has 1 aromatic rings. The first-order valence-electron chi connectivity index (χ1n) is 3.33. The Kier molecular flexibility index (Phi) is 4.30. The molecule has 0 aliphatic rings. The van der Waals surface area contributed by atoms with Crippen LogP contribution in [0.25, 0.3) is 0 Å². The molecule has 0 saturated carbocycles. The van der Waals surface area contributed by atoms with E-state index in [1.165, 1.54) is 0 Å². The molecular formula is C8H12N2O2. The van der Waals surface area contributed by atoms with Crippen molar-refractivity contribution in [3.05, 3.63) is 29.8 Å². The van der Waals surface area contributed by atoms with Crippen LogP contribution in [0.1, 0.15) is 5.56 Å². The predicted octanol–water partition coefficient (Wildman–Crippen LogP) is 0.724. The van der Waals surface area contributed by atoms with Crippen molar-refractivity contribution in [2.45, 2.75) is 6.92 Å². The topological polar surface area (TPSA) is 89.3 Å². The molecule has 0 unspecified atom stereocenters. The van der Waals surface area contributed by atoms with E-state index in [-0.39, 0.29) is 0 Å². The lowest BCUT2D eigenvalue weighted by Crippen LogP contribution is -2.18. The number of hydrogen-bond donors (Lipinski definition) is 3. The van der Waals surface area contributed by atoms with E-state index >= 15 is 0 Å². The van der Waals surface area contributed by atoms with Gasteiger partial charge in [-0.3, -0.25) is 0 Å². The molecule has 1 rings (SSSR count). The molecule has 66 valence electrons. The van der Waals surface area contributed by atoms with Gasteiger partial charge in [-0.2, -0.15) is 0 Å². The smallest absolute Gasteiger partial charge is 0.309 e. The van der Waals surface area contributed by atoms with Gasteiger partial charge in [0.2, 0.25) is 0 Å². The van der Waals surface area contributed by atoms with Gasteiger partial charge < -0.3 is 16.6 Å². The first kappa shape index (κ1) is 10.3. The first-order chi connectivity index (χ1) is 5.54. The Bertz CT molecular complexity index is 236. The maximum absolute atomic E-state index is 9.00. The van der Waals surface area contributed by atoms with Crippen molar-refractivity contribution in [1.82, 2.24) is 0 Å². The molecule has 0 aromatic heterocycles. The summed E-state index contributed by atoms with van der Waals surface area (Å²) in [5, 5.41) is 8.92. The Hall–Kier alpha value is -1.71. The molecule has 0 aliphatic carbocycles. The van der Waals surface area contributed by atoms with Gasteiger partial charge in [0.1, 0.15) is 5.75 Å². The number of para-hydroxylation sites is 1. The Balaban J connectivity index is 0.000000261. The fourth-order valence-corrected chi connectivity index (χ4v) is 0.563. The van der Waals surface area contributed by atoms with Crippen molar-refractivity contribution in [2.75, 3.05) is 0 Å². The zero-order chi connectivity index (χ0) is 9.56. The number of hydrogen-bond acceptors (Lipinski definition) is 2. The van der Waals surface area contributed by atoms with Crippen molar-refractivity contribution in [2.24, 2.45) is 11.5 Å². The standard InChI is InChI=1S/C7H8O.CH4N2O/c1-6-4-2-3-5-7(6)8;2-1(3)4/h2-5,8H,1H3;(H4,2,3,4). The van der Waals surface area contributed by atoms with Crippen LogP contribution in [0.4, 0.5) is 4.79 Å². The molecule has 4 heteroatoms. The minimum atomic E-state index is -0.833. The number of urea groups is 1. The number of primary amides is 2. The largest absolute Gasteiger partial charge is 0.508 e.